The summed E-state index contributed by atoms with van der Waals surface area (Å²) in [7, 11) is 0. The summed E-state index contributed by atoms with van der Waals surface area (Å²) in [6.45, 7) is 0. The molecule has 3 nitrogen and oxygen atoms in total. The van der Waals surface area contributed by atoms with Gasteiger partial charge in [0.15, 0.2) is 0 Å². The number of nitrogens with two attached hydrogens (primary N) is 1. The highest BCUT2D eigenvalue weighted by molar-refractivity contribution is 7.99. The number of nitrogens with one attached hydrogen (secondary N) is 1. The summed E-state index contributed by atoms with van der Waals surface area (Å²) in [6.07, 6.45) is 0.284. The van der Waals surface area contributed by atoms with Crippen molar-refractivity contribution >= 4 is 40.6 Å². The fourth-order valence-electron chi connectivity index (χ4n) is 1.66. The number of carbonyl (C=O) groups excluding carboxylic acids is 1. The first-order chi connectivity index (χ1) is 10.1. The van der Waals surface area contributed by atoms with Crippen molar-refractivity contribution in [1.82, 2.24) is 0 Å². The molecule has 2 rings (SSSR count). The molecule has 1 amide bonds. The molecule has 2 aromatic carbocycles. The predicted octanol–water partition coefficient (Wildman–Crippen LogP) is 4.18. The van der Waals surface area contributed by atoms with Crippen LogP contribution in [0.3, 0.4) is 0 Å². The SMILES string of the molecule is Nc1ccc(F)cc1SCCC(=O)Nc1ccccc1Cl. The maximum atomic E-state index is 13.1. The Balaban J connectivity index is 1.85. The Morgan fingerprint density at radius 3 is 2.81 bits per heavy atom. The van der Waals surface area contributed by atoms with Gasteiger partial charge in [-0.15, -0.1) is 11.8 Å². The number of para-hydroxylation sites is 1. The van der Waals surface area contributed by atoms with Crippen LogP contribution in [0.1, 0.15) is 6.42 Å². The van der Waals surface area contributed by atoms with E-state index in [0.717, 1.165) is 0 Å². The third-order valence-electron chi connectivity index (χ3n) is 2.71. The normalized spacial score (nSPS) is 10.4. The standard InChI is InChI=1S/C15H14ClFN2OS/c16-11-3-1-2-4-13(11)19-15(20)7-8-21-14-9-10(17)5-6-12(14)18/h1-6,9H,7-8,18H2,(H,19,20). The second-order valence-corrected chi connectivity index (χ2v) is 5.85. The van der Waals surface area contributed by atoms with E-state index in [-0.39, 0.29) is 18.1 Å². The number of halogens is 2. The lowest BCUT2D eigenvalue weighted by molar-refractivity contribution is -0.115. The number of thioether (sulfide) groups is 1. The monoisotopic (exact) mass is 324 g/mol. The van der Waals surface area contributed by atoms with E-state index in [2.05, 4.69) is 5.32 Å². The lowest BCUT2D eigenvalue weighted by atomic mass is 10.3. The maximum absolute atomic E-state index is 13.1. The van der Waals surface area contributed by atoms with Crippen molar-refractivity contribution in [1.29, 1.82) is 0 Å². The highest BCUT2D eigenvalue weighted by Crippen LogP contribution is 2.26. The second kappa shape index (κ2) is 7.33. The van der Waals surface area contributed by atoms with Gasteiger partial charge in [0.25, 0.3) is 0 Å². The Bertz CT molecular complexity index is 651. The molecule has 0 bridgehead atoms. The first kappa shape index (κ1) is 15.7. The van der Waals surface area contributed by atoms with Crippen LogP contribution in [-0.2, 0) is 4.79 Å². The molecule has 0 aromatic heterocycles. The molecule has 0 aliphatic heterocycles. The van der Waals surface area contributed by atoms with Crippen LogP contribution in [0.4, 0.5) is 15.8 Å². The number of benzene rings is 2. The smallest absolute Gasteiger partial charge is 0.225 e. The summed E-state index contributed by atoms with van der Waals surface area (Å²) in [5.74, 6) is 0.0158. The molecule has 110 valence electrons. The van der Waals surface area contributed by atoms with E-state index in [1.54, 1.807) is 24.3 Å². The third kappa shape index (κ3) is 4.65. The first-order valence-corrected chi connectivity index (χ1v) is 7.65. The number of carbonyl (C=O) groups is 1. The van der Waals surface area contributed by atoms with Gasteiger partial charge in [-0.3, -0.25) is 4.79 Å². The number of hydrogen-bond acceptors (Lipinski definition) is 3. The molecular formula is C15H14ClFN2OS. The predicted molar refractivity (Wildman–Crippen MR) is 86.2 cm³/mol. The number of hydrogen-bond donors (Lipinski definition) is 2. The summed E-state index contributed by atoms with van der Waals surface area (Å²) >= 11 is 7.30. The molecule has 0 unspecified atom stereocenters. The average Bonchev–Trinajstić information content (AvgIpc) is 2.45. The molecule has 3 N–H and O–H groups in total. The highest BCUT2D eigenvalue weighted by atomic mass is 35.5. The van der Waals surface area contributed by atoms with Crippen molar-refractivity contribution in [2.45, 2.75) is 11.3 Å². The number of nitrogen functional groups attached to an aromatic ring is 1. The van der Waals surface area contributed by atoms with Gasteiger partial charge in [0.1, 0.15) is 5.82 Å². The lowest BCUT2D eigenvalue weighted by Crippen LogP contribution is -2.12. The molecule has 0 heterocycles. The van der Waals surface area contributed by atoms with Crippen LogP contribution in [0, 0.1) is 5.82 Å². The zero-order valence-corrected chi connectivity index (χ0v) is 12.7. The summed E-state index contributed by atoms with van der Waals surface area (Å²) in [5, 5.41) is 3.23. The number of anilines is 2. The van der Waals surface area contributed by atoms with Gasteiger partial charge in [0, 0.05) is 22.8 Å². The fraction of sp³-hybridized carbons (Fsp3) is 0.133. The molecule has 0 radical (unpaired) electrons. The zero-order chi connectivity index (χ0) is 15.2. The van der Waals surface area contributed by atoms with Crippen molar-refractivity contribution in [3.63, 3.8) is 0 Å². The molecule has 0 aliphatic rings. The van der Waals surface area contributed by atoms with E-state index in [4.69, 9.17) is 17.3 Å². The van der Waals surface area contributed by atoms with E-state index < -0.39 is 0 Å². The molecule has 6 heteroatoms. The molecule has 0 aliphatic carbocycles. The minimum atomic E-state index is -0.341. The second-order valence-electron chi connectivity index (χ2n) is 4.31. The van der Waals surface area contributed by atoms with Crippen LogP contribution in [0.25, 0.3) is 0 Å². The Morgan fingerprint density at radius 1 is 1.29 bits per heavy atom. The molecule has 0 saturated heterocycles. The van der Waals surface area contributed by atoms with Gasteiger partial charge in [-0.2, -0.15) is 0 Å². The number of amides is 1. The van der Waals surface area contributed by atoms with Crippen molar-refractivity contribution in [3.8, 4) is 0 Å². The maximum Gasteiger partial charge on any atom is 0.225 e. The van der Waals surface area contributed by atoms with Gasteiger partial charge in [0.05, 0.1) is 10.7 Å². The molecule has 21 heavy (non-hydrogen) atoms. The third-order valence-corrected chi connectivity index (χ3v) is 4.11. The van der Waals surface area contributed by atoms with Crippen LogP contribution in [-0.4, -0.2) is 11.7 Å². The number of rotatable bonds is 5. The van der Waals surface area contributed by atoms with Crippen LogP contribution >= 0.6 is 23.4 Å². The summed E-state index contributed by atoms with van der Waals surface area (Å²) < 4.78 is 13.1. The Morgan fingerprint density at radius 2 is 2.05 bits per heavy atom. The largest absolute Gasteiger partial charge is 0.398 e. The van der Waals surface area contributed by atoms with Crippen LogP contribution in [0.2, 0.25) is 5.02 Å². The van der Waals surface area contributed by atoms with Gasteiger partial charge < -0.3 is 11.1 Å². The van der Waals surface area contributed by atoms with Crippen molar-refractivity contribution in [2.24, 2.45) is 0 Å². The van der Waals surface area contributed by atoms with E-state index in [1.165, 1.54) is 30.0 Å². The van der Waals surface area contributed by atoms with Crippen LogP contribution in [0.15, 0.2) is 47.4 Å². The zero-order valence-electron chi connectivity index (χ0n) is 11.1. The van der Waals surface area contributed by atoms with E-state index in [9.17, 15) is 9.18 Å². The molecule has 0 atom stereocenters. The fourth-order valence-corrected chi connectivity index (χ4v) is 2.78. The molecular weight excluding hydrogens is 311 g/mol. The summed E-state index contributed by atoms with van der Waals surface area (Å²) in [6, 6.07) is 11.2. The molecule has 0 spiro atoms. The van der Waals surface area contributed by atoms with Crippen molar-refractivity contribution < 1.29 is 9.18 Å². The van der Waals surface area contributed by atoms with Crippen molar-refractivity contribution in [3.05, 3.63) is 53.3 Å². The highest BCUT2D eigenvalue weighted by Gasteiger charge is 2.07. The Kier molecular flexibility index (Phi) is 5.47. The van der Waals surface area contributed by atoms with E-state index >= 15 is 0 Å². The van der Waals surface area contributed by atoms with E-state index in [0.29, 0.717) is 27.0 Å². The van der Waals surface area contributed by atoms with Gasteiger partial charge in [-0.05, 0) is 30.3 Å². The first-order valence-electron chi connectivity index (χ1n) is 6.28. The minimum absolute atomic E-state index is 0.148. The molecule has 0 fully saturated rings. The van der Waals surface area contributed by atoms with Gasteiger partial charge in [-0.25, -0.2) is 4.39 Å². The Hall–Kier alpha value is -1.72. The van der Waals surface area contributed by atoms with Crippen LogP contribution in [0.5, 0.6) is 0 Å². The van der Waals surface area contributed by atoms with Crippen LogP contribution < -0.4 is 11.1 Å². The molecule has 2 aromatic rings. The minimum Gasteiger partial charge on any atom is -0.398 e. The van der Waals surface area contributed by atoms with Gasteiger partial charge >= 0.3 is 0 Å². The Labute approximate surface area is 131 Å². The van der Waals surface area contributed by atoms with Gasteiger partial charge in [0.2, 0.25) is 5.91 Å². The lowest BCUT2D eigenvalue weighted by Gasteiger charge is -2.08. The topological polar surface area (TPSA) is 55.1 Å². The summed E-state index contributed by atoms with van der Waals surface area (Å²) in [4.78, 5) is 12.5. The average molecular weight is 325 g/mol. The van der Waals surface area contributed by atoms with Gasteiger partial charge in [-0.1, -0.05) is 23.7 Å². The van der Waals surface area contributed by atoms with Crippen molar-refractivity contribution in [2.75, 3.05) is 16.8 Å². The van der Waals surface area contributed by atoms with E-state index in [1.807, 2.05) is 0 Å². The quantitative estimate of drug-likeness (QED) is 0.640. The summed E-state index contributed by atoms with van der Waals surface area (Å²) in [5.41, 5.74) is 6.83. The molecule has 0 saturated carbocycles.